The molecule has 212 valence electrons. The summed E-state index contributed by atoms with van der Waals surface area (Å²) in [5.41, 5.74) is 0.253. The summed E-state index contributed by atoms with van der Waals surface area (Å²) < 4.78 is 18.8. The fraction of sp³-hybridized carbons (Fsp3) is 0.387. The molecule has 0 N–H and O–H groups in total. The second kappa shape index (κ2) is 13.2. The minimum atomic E-state index is -0.791. The van der Waals surface area contributed by atoms with Gasteiger partial charge in [-0.05, 0) is 55.6 Å². The number of hydrogen-bond acceptors (Lipinski definition) is 6. The van der Waals surface area contributed by atoms with Crippen LogP contribution < -0.4 is 9.47 Å². The highest BCUT2D eigenvalue weighted by atomic mass is 35.5. The molecule has 2 saturated heterocycles. The highest BCUT2D eigenvalue weighted by Gasteiger charge is 2.41. The van der Waals surface area contributed by atoms with Crippen LogP contribution in [0.2, 0.25) is 10.0 Å². The largest absolute Gasteiger partial charge is 0.491 e. The summed E-state index contributed by atoms with van der Waals surface area (Å²) in [5.74, 6) is 2.24. The predicted molar refractivity (Wildman–Crippen MR) is 158 cm³/mol. The van der Waals surface area contributed by atoms with E-state index >= 15 is 0 Å². The molecule has 5 rings (SSSR count). The number of ether oxygens (including phenoxy) is 3. The molecule has 0 aliphatic carbocycles. The number of nitrogens with zero attached hydrogens (tertiary/aromatic N) is 3. The molecule has 9 heteroatoms. The minimum absolute atomic E-state index is 0.0966. The van der Waals surface area contributed by atoms with E-state index in [0.717, 1.165) is 44.0 Å². The standard InChI is InChI=1S/C31H35Cl2N3O4/c1-34-13-15-36(16-14-34)30(37)20-31(23-38-27-11-9-25(32)10-12-27)22-35(17-18-39-31)21-24-5-2-3-8-29(24)40-28-7-4-6-26(33)19-28/h2-12,19H,13-18,20-23H2,1H3. The van der Waals surface area contributed by atoms with E-state index in [4.69, 9.17) is 37.4 Å². The lowest BCUT2D eigenvalue weighted by Crippen LogP contribution is -2.58. The van der Waals surface area contributed by atoms with Crippen molar-refractivity contribution in [2.45, 2.75) is 18.6 Å². The molecule has 0 saturated carbocycles. The molecular weight excluding hydrogens is 549 g/mol. The van der Waals surface area contributed by atoms with Crippen LogP contribution in [0.5, 0.6) is 17.2 Å². The van der Waals surface area contributed by atoms with E-state index in [-0.39, 0.29) is 18.9 Å². The molecule has 1 amide bonds. The fourth-order valence-electron chi connectivity index (χ4n) is 5.13. The quantitative estimate of drug-likeness (QED) is 0.327. The van der Waals surface area contributed by atoms with Gasteiger partial charge in [0.1, 0.15) is 29.5 Å². The maximum absolute atomic E-state index is 13.5. The number of morpholine rings is 1. The maximum atomic E-state index is 13.5. The zero-order valence-electron chi connectivity index (χ0n) is 22.7. The number of benzene rings is 3. The van der Waals surface area contributed by atoms with Crippen molar-refractivity contribution < 1.29 is 19.0 Å². The molecule has 2 aliphatic heterocycles. The van der Waals surface area contributed by atoms with Crippen LogP contribution in [-0.2, 0) is 16.1 Å². The fourth-order valence-corrected chi connectivity index (χ4v) is 5.43. The Bertz CT molecular complexity index is 1280. The van der Waals surface area contributed by atoms with Crippen LogP contribution in [0.15, 0.2) is 72.8 Å². The first-order valence-electron chi connectivity index (χ1n) is 13.6. The maximum Gasteiger partial charge on any atom is 0.225 e. The van der Waals surface area contributed by atoms with Crippen LogP contribution in [0.1, 0.15) is 12.0 Å². The summed E-state index contributed by atoms with van der Waals surface area (Å²) in [5, 5.41) is 1.27. The van der Waals surface area contributed by atoms with Crippen molar-refractivity contribution in [1.29, 1.82) is 0 Å². The van der Waals surface area contributed by atoms with Crippen LogP contribution in [-0.4, -0.2) is 85.7 Å². The molecule has 1 atom stereocenters. The molecule has 2 aliphatic rings. The Labute approximate surface area is 246 Å². The number of piperazine rings is 1. The highest BCUT2D eigenvalue weighted by molar-refractivity contribution is 6.30. The van der Waals surface area contributed by atoms with Crippen LogP contribution in [0.25, 0.3) is 0 Å². The van der Waals surface area contributed by atoms with Gasteiger partial charge in [-0.15, -0.1) is 0 Å². The number of halogens is 2. The van der Waals surface area contributed by atoms with Gasteiger partial charge in [-0.25, -0.2) is 0 Å². The summed E-state index contributed by atoms with van der Waals surface area (Å²) in [6.07, 6.45) is 0.251. The van der Waals surface area contributed by atoms with E-state index in [0.29, 0.717) is 41.2 Å². The Kier molecular flexibility index (Phi) is 9.50. The second-order valence-electron chi connectivity index (χ2n) is 10.5. The lowest BCUT2D eigenvalue weighted by atomic mass is 9.96. The molecule has 0 radical (unpaired) electrons. The van der Waals surface area contributed by atoms with Crippen LogP contribution in [0.4, 0.5) is 0 Å². The van der Waals surface area contributed by atoms with E-state index in [1.807, 2.05) is 53.4 Å². The molecule has 2 heterocycles. The monoisotopic (exact) mass is 583 g/mol. The van der Waals surface area contributed by atoms with Crippen molar-refractivity contribution in [3.8, 4) is 17.2 Å². The number of carbonyl (C=O) groups excluding carboxylic acids is 1. The molecule has 0 spiro atoms. The number of likely N-dealkylation sites (N-methyl/N-ethyl adjacent to an activating group) is 1. The molecular formula is C31H35Cl2N3O4. The smallest absolute Gasteiger partial charge is 0.225 e. The SMILES string of the molecule is CN1CCN(C(=O)CC2(COc3ccc(Cl)cc3)CN(Cc3ccccc3Oc3cccc(Cl)c3)CCO2)CC1. The van der Waals surface area contributed by atoms with Crippen LogP contribution in [0, 0.1) is 0 Å². The van der Waals surface area contributed by atoms with Crippen molar-refractivity contribution >= 4 is 29.1 Å². The van der Waals surface area contributed by atoms with Gasteiger partial charge in [0.05, 0.1) is 13.0 Å². The van der Waals surface area contributed by atoms with Crippen molar-refractivity contribution in [2.24, 2.45) is 0 Å². The molecule has 7 nitrogen and oxygen atoms in total. The Morgan fingerprint density at radius 3 is 2.45 bits per heavy atom. The molecule has 3 aromatic carbocycles. The van der Waals surface area contributed by atoms with Crippen molar-refractivity contribution in [1.82, 2.24) is 14.7 Å². The van der Waals surface area contributed by atoms with E-state index in [1.165, 1.54) is 0 Å². The Balaban J connectivity index is 1.32. The van der Waals surface area contributed by atoms with Gasteiger partial charge in [-0.2, -0.15) is 0 Å². The van der Waals surface area contributed by atoms with Gasteiger partial charge in [0.2, 0.25) is 5.91 Å². The summed E-state index contributed by atoms with van der Waals surface area (Å²) in [4.78, 5) is 20.0. The van der Waals surface area contributed by atoms with E-state index < -0.39 is 5.60 Å². The number of rotatable bonds is 9. The average Bonchev–Trinajstić information content (AvgIpc) is 2.94. The first-order chi connectivity index (χ1) is 19.4. The third-order valence-corrected chi connectivity index (χ3v) is 7.85. The first kappa shape index (κ1) is 28.7. The molecule has 40 heavy (non-hydrogen) atoms. The normalized spacial score (nSPS) is 20.3. The summed E-state index contributed by atoms with van der Waals surface area (Å²) in [7, 11) is 2.08. The number of para-hydroxylation sites is 1. The third-order valence-electron chi connectivity index (χ3n) is 7.36. The van der Waals surface area contributed by atoms with Crippen LogP contribution >= 0.6 is 23.2 Å². The van der Waals surface area contributed by atoms with Crippen molar-refractivity contribution in [2.75, 3.05) is 59.5 Å². The zero-order chi connectivity index (χ0) is 28.0. The summed E-state index contributed by atoms with van der Waals surface area (Å²) >= 11 is 12.2. The summed E-state index contributed by atoms with van der Waals surface area (Å²) in [6.45, 7) is 5.87. The highest BCUT2D eigenvalue weighted by Crippen LogP contribution is 2.31. The van der Waals surface area contributed by atoms with E-state index in [1.54, 1.807) is 18.2 Å². The molecule has 0 bridgehead atoms. The molecule has 0 aromatic heterocycles. The number of amides is 1. The third kappa shape index (κ3) is 7.68. The predicted octanol–water partition coefficient (Wildman–Crippen LogP) is 5.60. The molecule has 3 aromatic rings. The Morgan fingerprint density at radius 2 is 1.68 bits per heavy atom. The van der Waals surface area contributed by atoms with Gasteiger partial charge in [-0.1, -0.05) is 47.5 Å². The lowest BCUT2D eigenvalue weighted by molar-refractivity contribution is -0.158. The van der Waals surface area contributed by atoms with Gasteiger partial charge in [0, 0.05) is 61.4 Å². The zero-order valence-corrected chi connectivity index (χ0v) is 24.2. The van der Waals surface area contributed by atoms with Gasteiger partial charge in [0.25, 0.3) is 0 Å². The van der Waals surface area contributed by atoms with E-state index in [2.05, 4.69) is 22.9 Å². The van der Waals surface area contributed by atoms with Gasteiger partial charge in [0.15, 0.2) is 0 Å². The minimum Gasteiger partial charge on any atom is -0.491 e. The second-order valence-corrected chi connectivity index (χ2v) is 11.4. The average molecular weight is 585 g/mol. The van der Waals surface area contributed by atoms with Gasteiger partial charge >= 0.3 is 0 Å². The van der Waals surface area contributed by atoms with Gasteiger partial charge in [-0.3, -0.25) is 9.69 Å². The van der Waals surface area contributed by atoms with E-state index in [9.17, 15) is 4.79 Å². The number of carbonyl (C=O) groups is 1. The Morgan fingerprint density at radius 1 is 0.900 bits per heavy atom. The topological polar surface area (TPSA) is 54.5 Å². The van der Waals surface area contributed by atoms with Gasteiger partial charge < -0.3 is 24.0 Å². The molecule has 1 unspecified atom stereocenters. The van der Waals surface area contributed by atoms with Crippen molar-refractivity contribution in [3.05, 3.63) is 88.4 Å². The first-order valence-corrected chi connectivity index (χ1v) is 14.4. The lowest BCUT2D eigenvalue weighted by Gasteiger charge is -2.43. The number of hydrogen-bond donors (Lipinski definition) is 0. The van der Waals surface area contributed by atoms with Crippen molar-refractivity contribution in [3.63, 3.8) is 0 Å². The molecule has 2 fully saturated rings. The Hall–Kier alpha value is -2.81. The summed E-state index contributed by atoms with van der Waals surface area (Å²) in [6, 6.07) is 22.6. The van der Waals surface area contributed by atoms with Crippen LogP contribution in [0.3, 0.4) is 0 Å².